The molecule has 4 N–H and O–H groups in total. The summed E-state index contributed by atoms with van der Waals surface area (Å²) < 4.78 is 5.61. The Kier molecular flexibility index (Phi) is 5.62. The summed E-state index contributed by atoms with van der Waals surface area (Å²) in [4.78, 5) is 41.8. The molecular weight excluding hydrogens is 386 g/mol. The first-order valence-electron chi connectivity index (χ1n) is 9.83. The average Bonchev–Trinajstić information content (AvgIpc) is 3.04. The monoisotopic (exact) mass is 409 g/mol. The molecule has 0 saturated carbocycles. The van der Waals surface area contributed by atoms with Crippen molar-refractivity contribution in [1.29, 1.82) is 0 Å². The SMILES string of the molecule is Nc1cc(OCCNCc2ccc3c(c2)C(=O)N(C2CCC(=O)NC2=O)C3)ccn1. The van der Waals surface area contributed by atoms with Crippen molar-refractivity contribution >= 4 is 23.5 Å². The minimum absolute atomic E-state index is 0.167. The number of benzene rings is 1. The van der Waals surface area contributed by atoms with Crippen molar-refractivity contribution in [3.05, 3.63) is 53.2 Å². The highest BCUT2D eigenvalue weighted by atomic mass is 16.5. The number of pyridine rings is 1. The van der Waals surface area contributed by atoms with Crippen molar-refractivity contribution < 1.29 is 19.1 Å². The van der Waals surface area contributed by atoms with E-state index in [1.165, 1.54) is 0 Å². The second-order valence-corrected chi connectivity index (χ2v) is 7.33. The summed E-state index contributed by atoms with van der Waals surface area (Å²) in [6.45, 7) is 2.06. The maximum Gasteiger partial charge on any atom is 0.255 e. The summed E-state index contributed by atoms with van der Waals surface area (Å²) in [5.74, 6) is 0.228. The number of ether oxygens (including phenoxy) is 1. The van der Waals surface area contributed by atoms with Crippen molar-refractivity contribution in [2.45, 2.75) is 32.0 Å². The fourth-order valence-corrected chi connectivity index (χ4v) is 3.70. The maximum atomic E-state index is 12.8. The van der Waals surface area contributed by atoms with Crippen LogP contribution >= 0.6 is 0 Å². The number of nitrogens with two attached hydrogens (primary N) is 1. The molecule has 3 heterocycles. The lowest BCUT2D eigenvalue weighted by Crippen LogP contribution is -2.52. The highest BCUT2D eigenvalue weighted by Crippen LogP contribution is 2.28. The van der Waals surface area contributed by atoms with Crippen LogP contribution in [0, 0.1) is 0 Å². The molecule has 30 heavy (non-hydrogen) atoms. The van der Waals surface area contributed by atoms with Gasteiger partial charge in [0.25, 0.3) is 5.91 Å². The molecule has 1 saturated heterocycles. The number of hydrogen-bond donors (Lipinski definition) is 3. The molecule has 1 fully saturated rings. The molecule has 3 amide bonds. The molecule has 1 unspecified atom stereocenters. The number of amides is 3. The third-order valence-electron chi connectivity index (χ3n) is 5.22. The normalized spacial score (nSPS) is 18.3. The zero-order valence-electron chi connectivity index (χ0n) is 16.4. The lowest BCUT2D eigenvalue weighted by Gasteiger charge is -2.29. The minimum atomic E-state index is -0.594. The largest absolute Gasteiger partial charge is 0.492 e. The van der Waals surface area contributed by atoms with Gasteiger partial charge >= 0.3 is 0 Å². The summed E-state index contributed by atoms with van der Waals surface area (Å²) in [5, 5.41) is 5.60. The number of imide groups is 1. The van der Waals surface area contributed by atoms with Crippen molar-refractivity contribution in [3.8, 4) is 5.75 Å². The van der Waals surface area contributed by atoms with E-state index >= 15 is 0 Å². The summed E-state index contributed by atoms with van der Waals surface area (Å²) in [5.41, 5.74) is 8.10. The first-order chi connectivity index (χ1) is 14.5. The van der Waals surface area contributed by atoms with Gasteiger partial charge in [0.15, 0.2) is 0 Å². The Bertz CT molecular complexity index is 993. The number of carbonyl (C=O) groups excluding carboxylic acids is 3. The van der Waals surface area contributed by atoms with Crippen LogP contribution in [0.2, 0.25) is 0 Å². The highest BCUT2D eigenvalue weighted by molar-refractivity contribution is 6.05. The zero-order valence-corrected chi connectivity index (χ0v) is 16.4. The molecular formula is C21H23N5O4. The molecule has 4 rings (SSSR count). The van der Waals surface area contributed by atoms with Crippen molar-refractivity contribution in [3.63, 3.8) is 0 Å². The Morgan fingerprint density at radius 3 is 2.90 bits per heavy atom. The van der Waals surface area contributed by atoms with Crippen molar-refractivity contribution in [2.24, 2.45) is 0 Å². The number of rotatable bonds is 7. The number of nitrogens with zero attached hydrogens (tertiary/aromatic N) is 2. The molecule has 1 aromatic carbocycles. The summed E-state index contributed by atoms with van der Waals surface area (Å²) in [7, 11) is 0. The van der Waals surface area contributed by atoms with E-state index in [-0.39, 0.29) is 18.2 Å². The van der Waals surface area contributed by atoms with Crippen LogP contribution < -0.4 is 21.1 Å². The van der Waals surface area contributed by atoms with Gasteiger partial charge in [-0.05, 0) is 29.7 Å². The molecule has 0 radical (unpaired) electrons. The molecule has 1 atom stereocenters. The van der Waals surface area contributed by atoms with Gasteiger partial charge in [-0.15, -0.1) is 0 Å². The Labute approximate surface area is 173 Å². The molecule has 156 valence electrons. The molecule has 2 aliphatic rings. The predicted molar refractivity (Wildman–Crippen MR) is 108 cm³/mol. The van der Waals surface area contributed by atoms with Gasteiger partial charge in [0, 0.05) is 43.9 Å². The molecule has 1 aromatic heterocycles. The number of hydrogen-bond acceptors (Lipinski definition) is 7. The van der Waals surface area contributed by atoms with E-state index in [0.29, 0.717) is 49.8 Å². The van der Waals surface area contributed by atoms with E-state index in [0.717, 1.165) is 11.1 Å². The van der Waals surface area contributed by atoms with E-state index in [9.17, 15) is 14.4 Å². The summed E-state index contributed by atoms with van der Waals surface area (Å²) >= 11 is 0. The number of carbonyl (C=O) groups is 3. The molecule has 0 spiro atoms. The zero-order chi connectivity index (χ0) is 21.1. The van der Waals surface area contributed by atoms with E-state index in [1.807, 2.05) is 18.2 Å². The Morgan fingerprint density at radius 1 is 1.23 bits per heavy atom. The number of nitrogen functional groups attached to an aromatic ring is 1. The van der Waals surface area contributed by atoms with Crippen LogP contribution in [0.3, 0.4) is 0 Å². The number of anilines is 1. The van der Waals surface area contributed by atoms with Crippen LogP contribution in [0.15, 0.2) is 36.5 Å². The second kappa shape index (κ2) is 8.50. The third-order valence-corrected chi connectivity index (χ3v) is 5.22. The fourth-order valence-electron chi connectivity index (χ4n) is 3.70. The molecule has 9 nitrogen and oxygen atoms in total. The first-order valence-corrected chi connectivity index (χ1v) is 9.83. The van der Waals surface area contributed by atoms with Gasteiger partial charge in [-0.1, -0.05) is 12.1 Å². The van der Waals surface area contributed by atoms with Crippen LogP contribution in [0.25, 0.3) is 0 Å². The van der Waals surface area contributed by atoms with Gasteiger partial charge in [-0.3, -0.25) is 19.7 Å². The van der Waals surface area contributed by atoms with Crippen molar-refractivity contribution in [1.82, 2.24) is 20.5 Å². The van der Waals surface area contributed by atoms with E-state index in [2.05, 4.69) is 15.6 Å². The van der Waals surface area contributed by atoms with Crippen LogP contribution in [-0.2, 0) is 22.7 Å². The Hall–Kier alpha value is -3.46. The van der Waals surface area contributed by atoms with Gasteiger partial charge in [-0.25, -0.2) is 4.98 Å². The topological polar surface area (TPSA) is 127 Å². The average molecular weight is 409 g/mol. The second-order valence-electron chi connectivity index (χ2n) is 7.33. The summed E-state index contributed by atoms with van der Waals surface area (Å²) in [6.07, 6.45) is 2.21. The van der Waals surface area contributed by atoms with Crippen LogP contribution in [0.1, 0.15) is 34.3 Å². The molecule has 2 aromatic rings. The first kappa shape index (κ1) is 19.8. The predicted octanol–water partition coefficient (Wildman–Crippen LogP) is 0.593. The Balaban J connectivity index is 1.30. The van der Waals surface area contributed by atoms with Crippen molar-refractivity contribution in [2.75, 3.05) is 18.9 Å². The lowest BCUT2D eigenvalue weighted by molar-refractivity contribution is -0.136. The van der Waals surface area contributed by atoms with Gasteiger partial charge in [0.2, 0.25) is 11.8 Å². The minimum Gasteiger partial charge on any atom is -0.492 e. The number of fused-ring (bicyclic) bond motifs is 1. The number of nitrogens with one attached hydrogen (secondary N) is 2. The molecule has 0 aliphatic carbocycles. The van der Waals surface area contributed by atoms with Gasteiger partial charge in [0.1, 0.15) is 24.2 Å². The molecule has 0 bridgehead atoms. The number of piperidine rings is 1. The van der Waals surface area contributed by atoms with E-state index in [1.54, 1.807) is 23.2 Å². The Morgan fingerprint density at radius 2 is 2.10 bits per heavy atom. The molecule has 9 heteroatoms. The van der Waals surface area contributed by atoms with Gasteiger partial charge < -0.3 is 20.7 Å². The number of aromatic nitrogens is 1. The highest BCUT2D eigenvalue weighted by Gasteiger charge is 2.39. The molecule has 2 aliphatic heterocycles. The fraction of sp³-hybridized carbons (Fsp3) is 0.333. The standard InChI is InChI=1S/C21H23N5O4/c22-18-10-15(5-6-24-18)30-8-7-23-11-13-1-2-14-12-26(21(29)16(14)9-13)17-3-4-19(27)25-20(17)28/h1-2,5-6,9-10,17,23H,3-4,7-8,11-12H2,(H2,22,24)(H,25,27,28). The van der Waals surface area contributed by atoms with Crippen LogP contribution in [0.4, 0.5) is 5.82 Å². The van der Waals surface area contributed by atoms with Gasteiger partial charge in [0.05, 0.1) is 0 Å². The quantitative estimate of drug-likeness (QED) is 0.451. The smallest absolute Gasteiger partial charge is 0.255 e. The van der Waals surface area contributed by atoms with Gasteiger partial charge in [-0.2, -0.15) is 0 Å². The van der Waals surface area contributed by atoms with Crippen LogP contribution in [-0.4, -0.2) is 46.8 Å². The maximum absolute atomic E-state index is 12.8. The van der Waals surface area contributed by atoms with E-state index in [4.69, 9.17) is 10.5 Å². The lowest BCUT2D eigenvalue weighted by atomic mass is 10.0. The van der Waals surface area contributed by atoms with E-state index < -0.39 is 11.9 Å². The third kappa shape index (κ3) is 4.25. The van der Waals surface area contributed by atoms with Crippen LogP contribution in [0.5, 0.6) is 5.75 Å². The summed E-state index contributed by atoms with van der Waals surface area (Å²) in [6, 6.07) is 8.57.